The monoisotopic (exact) mass is 261 g/mol. The van der Waals surface area contributed by atoms with Crippen molar-refractivity contribution in [3.8, 4) is 0 Å². The molecule has 1 aromatic rings. The molecular formula is C10H16FN3O2S. The van der Waals surface area contributed by atoms with Crippen molar-refractivity contribution in [3.63, 3.8) is 0 Å². The number of hydrogen-bond donors (Lipinski definition) is 2. The van der Waals surface area contributed by atoms with E-state index in [-0.39, 0.29) is 12.2 Å². The van der Waals surface area contributed by atoms with Crippen LogP contribution in [0.5, 0.6) is 0 Å². The van der Waals surface area contributed by atoms with Crippen molar-refractivity contribution in [1.82, 2.24) is 9.62 Å². The molecule has 0 spiro atoms. The molecule has 0 unspecified atom stereocenters. The zero-order valence-electron chi connectivity index (χ0n) is 9.77. The molecule has 1 aromatic carbocycles. The van der Waals surface area contributed by atoms with E-state index in [2.05, 4.69) is 4.72 Å². The van der Waals surface area contributed by atoms with E-state index in [4.69, 9.17) is 5.73 Å². The second-order valence-electron chi connectivity index (χ2n) is 3.86. The lowest BCUT2D eigenvalue weighted by Crippen LogP contribution is -2.32. The molecule has 3 N–H and O–H groups in total. The molecule has 0 fully saturated rings. The number of nitrogens with two attached hydrogens (primary N) is 1. The molecule has 0 aliphatic rings. The van der Waals surface area contributed by atoms with E-state index in [9.17, 15) is 12.8 Å². The predicted molar refractivity (Wildman–Crippen MR) is 64.6 cm³/mol. The Morgan fingerprint density at radius 3 is 2.59 bits per heavy atom. The van der Waals surface area contributed by atoms with Crippen LogP contribution in [-0.2, 0) is 10.0 Å². The van der Waals surface area contributed by atoms with Gasteiger partial charge >= 0.3 is 0 Å². The van der Waals surface area contributed by atoms with Gasteiger partial charge in [-0.25, -0.2) is 17.5 Å². The van der Waals surface area contributed by atoms with Gasteiger partial charge in [-0.2, -0.15) is 0 Å². The molecule has 17 heavy (non-hydrogen) atoms. The third kappa shape index (κ3) is 3.65. The van der Waals surface area contributed by atoms with Crippen molar-refractivity contribution in [2.24, 2.45) is 0 Å². The predicted octanol–water partition coefficient (Wildman–Crippen LogP) is 0.248. The summed E-state index contributed by atoms with van der Waals surface area (Å²) in [6.45, 7) is 0.719. The number of rotatable bonds is 5. The van der Waals surface area contributed by atoms with Crippen LogP contribution >= 0.6 is 0 Å². The first-order chi connectivity index (χ1) is 7.84. The molecule has 5 nitrogen and oxygen atoms in total. The average molecular weight is 261 g/mol. The maximum atomic E-state index is 13.4. The Kier molecular flexibility index (Phi) is 4.44. The number of nitrogen functional groups attached to an aromatic ring is 1. The summed E-state index contributed by atoms with van der Waals surface area (Å²) in [7, 11) is -0.271. The van der Waals surface area contributed by atoms with Crippen LogP contribution in [0.4, 0.5) is 10.1 Å². The second kappa shape index (κ2) is 5.44. The Labute approximate surface area is 100 Å². The van der Waals surface area contributed by atoms with Crippen LogP contribution in [0, 0.1) is 5.82 Å². The minimum absolute atomic E-state index is 0.0950. The first-order valence-corrected chi connectivity index (χ1v) is 6.51. The highest BCUT2D eigenvalue weighted by Gasteiger charge is 2.21. The van der Waals surface area contributed by atoms with Crippen molar-refractivity contribution in [1.29, 1.82) is 0 Å². The van der Waals surface area contributed by atoms with Crippen LogP contribution in [0.15, 0.2) is 23.1 Å². The molecule has 0 saturated heterocycles. The number of likely N-dealkylation sites (N-methyl/N-ethyl adjacent to an activating group) is 1. The zero-order chi connectivity index (χ0) is 13.1. The summed E-state index contributed by atoms with van der Waals surface area (Å²) in [6.07, 6.45) is 0. The molecule has 0 bridgehead atoms. The Morgan fingerprint density at radius 2 is 2.06 bits per heavy atom. The van der Waals surface area contributed by atoms with E-state index < -0.39 is 20.7 Å². The summed E-state index contributed by atoms with van der Waals surface area (Å²) in [4.78, 5) is 1.33. The Balaban J connectivity index is 2.90. The number of nitrogens with zero attached hydrogens (tertiary/aromatic N) is 1. The SMILES string of the molecule is CN(C)CCNS(=O)(=O)c1c(N)cccc1F. The van der Waals surface area contributed by atoms with Gasteiger partial charge in [-0.1, -0.05) is 6.07 Å². The lowest BCUT2D eigenvalue weighted by molar-refractivity contribution is 0.412. The first-order valence-electron chi connectivity index (χ1n) is 5.03. The lowest BCUT2D eigenvalue weighted by Gasteiger charge is -2.12. The van der Waals surface area contributed by atoms with E-state index in [0.717, 1.165) is 6.07 Å². The van der Waals surface area contributed by atoms with Crippen LogP contribution in [0.1, 0.15) is 0 Å². The minimum atomic E-state index is -3.89. The quantitative estimate of drug-likeness (QED) is 0.745. The second-order valence-corrected chi connectivity index (χ2v) is 5.56. The van der Waals surface area contributed by atoms with Gasteiger partial charge < -0.3 is 10.6 Å². The van der Waals surface area contributed by atoms with E-state index >= 15 is 0 Å². The van der Waals surface area contributed by atoms with Crippen LogP contribution < -0.4 is 10.5 Å². The topological polar surface area (TPSA) is 75.4 Å². The maximum absolute atomic E-state index is 13.4. The van der Waals surface area contributed by atoms with Crippen LogP contribution in [0.2, 0.25) is 0 Å². The number of sulfonamides is 1. The molecule has 0 heterocycles. The molecule has 0 aliphatic heterocycles. The van der Waals surface area contributed by atoms with Crippen LogP contribution in [0.3, 0.4) is 0 Å². The maximum Gasteiger partial charge on any atom is 0.245 e. The van der Waals surface area contributed by atoms with E-state index in [1.165, 1.54) is 12.1 Å². The molecule has 0 saturated carbocycles. The molecule has 0 radical (unpaired) electrons. The summed E-state index contributed by atoms with van der Waals surface area (Å²) in [5.41, 5.74) is 5.37. The highest BCUT2D eigenvalue weighted by molar-refractivity contribution is 7.89. The highest BCUT2D eigenvalue weighted by atomic mass is 32.2. The normalized spacial score (nSPS) is 12.0. The van der Waals surface area contributed by atoms with Gasteiger partial charge in [0, 0.05) is 13.1 Å². The van der Waals surface area contributed by atoms with E-state index in [1.54, 1.807) is 0 Å². The van der Waals surface area contributed by atoms with Gasteiger partial charge in [0.05, 0.1) is 5.69 Å². The summed E-state index contributed by atoms with van der Waals surface area (Å²) < 4.78 is 39.3. The molecule has 0 amide bonds. The van der Waals surface area contributed by atoms with Crippen molar-refractivity contribution in [3.05, 3.63) is 24.0 Å². The molecule has 0 aromatic heterocycles. The summed E-state index contributed by atoms with van der Waals surface area (Å²) in [5.74, 6) is -0.845. The van der Waals surface area contributed by atoms with Gasteiger partial charge in [-0.3, -0.25) is 0 Å². The molecule has 1 rings (SSSR count). The fourth-order valence-corrected chi connectivity index (χ4v) is 2.49. The summed E-state index contributed by atoms with van der Waals surface area (Å²) in [5, 5.41) is 0. The van der Waals surface area contributed by atoms with Crippen molar-refractivity contribution in [2.75, 3.05) is 32.9 Å². The Bertz CT molecular complexity index is 468. The summed E-state index contributed by atoms with van der Waals surface area (Å²) >= 11 is 0. The van der Waals surface area contributed by atoms with E-state index in [1.807, 2.05) is 19.0 Å². The number of hydrogen-bond acceptors (Lipinski definition) is 4. The molecule has 7 heteroatoms. The van der Waals surface area contributed by atoms with Gasteiger partial charge in [0.25, 0.3) is 0 Å². The Hall–Kier alpha value is -1.18. The first kappa shape index (κ1) is 13.9. The minimum Gasteiger partial charge on any atom is -0.398 e. The molecular weight excluding hydrogens is 245 g/mol. The van der Waals surface area contributed by atoms with Crippen molar-refractivity contribution in [2.45, 2.75) is 4.90 Å². The third-order valence-corrected chi connectivity index (χ3v) is 3.67. The van der Waals surface area contributed by atoms with Crippen LogP contribution in [-0.4, -0.2) is 40.5 Å². The van der Waals surface area contributed by atoms with Gasteiger partial charge in [0.15, 0.2) is 0 Å². The number of anilines is 1. The van der Waals surface area contributed by atoms with Crippen molar-refractivity contribution < 1.29 is 12.8 Å². The fraction of sp³-hybridized carbons (Fsp3) is 0.400. The third-order valence-electron chi connectivity index (χ3n) is 2.12. The summed E-state index contributed by atoms with van der Waals surface area (Å²) in [6, 6.07) is 3.78. The van der Waals surface area contributed by atoms with Gasteiger partial charge in [0.2, 0.25) is 10.0 Å². The Morgan fingerprint density at radius 1 is 1.41 bits per heavy atom. The number of benzene rings is 1. The van der Waals surface area contributed by atoms with Gasteiger partial charge in [0.1, 0.15) is 10.7 Å². The van der Waals surface area contributed by atoms with E-state index in [0.29, 0.717) is 6.54 Å². The largest absolute Gasteiger partial charge is 0.398 e. The molecule has 96 valence electrons. The van der Waals surface area contributed by atoms with Gasteiger partial charge in [-0.15, -0.1) is 0 Å². The molecule has 0 aliphatic carbocycles. The van der Waals surface area contributed by atoms with Crippen LogP contribution in [0.25, 0.3) is 0 Å². The molecule has 0 atom stereocenters. The zero-order valence-corrected chi connectivity index (χ0v) is 10.6. The fourth-order valence-electron chi connectivity index (χ4n) is 1.28. The number of halogens is 1. The highest BCUT2D eigenvalue weighted by Crippen LogP contribution is 2.20. The van der Waals surface area contributed by atoms with Crippen molar-refractivity contribution >= 4 is 15.7 Å². The number of nitrogens with one attached hydrogen (secondary N) is 1. The average Bonchev–Trinajstić information content (AvgIpc) is 2.15. The van der Waals surface area contributed by atoms with Gasteiger partial charge in [-0.05, 0) is 26.2 Å². The smallest absolute Gasteiger partial charge is 0.245 e. The standard InChI is InChI=1S/C10H16FN3O2S/c1-14(2)7-6-13-17(15,16)10-8(11)4-3-5-9(10)12/h3-5,13H,6-7,12H2,1-2H3. The lowest BCUT2D eigenvalue weighted by atomic mass is 10.3.